The SMILES string of the molecule is CN1c2ccccc2[C@@]2([C@@H]1O)N1CCC[C@H]1[C@@]1(c3ccccc3)[C@H](c3ccccc3)[C@]12c1ccccc1. The summed E-state index contributed by atoms with van der Waals surface area (Å²) in [5, 5.41) is 12.6. The van der Waals surface area contributed by atoms with Gasteiger partial charge in [-0.2, -0.15) is 0 Å². The number of fused-ring (bicyclic) bond motifs is 7. The van der Waals surface area contributed by atoms with Gasteiger partial charge in [0.05, 0.1) is 0 Å². The average Bonchev–Trinajstić information content (AvgIpc) is 3.17. The van der Waals surface area contributed by atoms with E-state index < -0.39 is 11.8 Å². The average molecular weight is 485 g/mol. The lowest BCUT2D eigenvalue weighted by atomic mass is 9.67. The lowest BCUT2D eigenvalue weighted by molar-refractivity contribution is -0.0339. The molecule has 4 aromatic carbocycles. The second-order valence-electron chi connectivity index (χ2n) is 11.4. The van der Waals surface area contributed by atoms with Gasteiger partial charge in [0.1, 0.15) is 5.54 Å². The Hall–Kier alpha value is -3.40. The minimum absolute atomic E-state index is 0.146. The number of hydrogen-bond donors (Lipinski definition) is 1. The zero-order valence-corrected chi connectivity index (χ0v) is 21.2. The Labute approximate surface area is 219 Å². The third-order valence-corrected chi connectivity index (χ3v) is 10.3. The fourth-order valence-corrected chi connectivity index (χ4v) is 9.54. The van der Waals surface area contributed by atoms with Gasteiger partial charge in [0.25, 0.3) is 0 Å². The van der Waals surface area contributed by atoms with Gasteiger partial charge in [-0.25, -0.2) is 0 Å². The van der Waals surface area contributed by atoms with Crippen molar-refractivity contribution >= 4 is 5.69 Å². The molecule has 1 saturated carbocycles. The fraction of sp³-hybridized carbons (Fsp3) is 0.294. The van der Waals surface area contributed by atoms with Crippen LogP contribution in [-0.2, 0) is 16.4 Å². The van der Waals surface area contributed by atoms with Crippen LogP contribution in [0.25, 0.3) is 0 Å². The van der Waals surface area contributed by atoms with Crippen LogP contribution in [0.2, 0.25) is 0 Å². The summed E-state index contributed by atoms with van der Waals surface area (Å²) in [6, 6.07) is 42.7. The van der Waals surface area contributed by atoms with Gasteiger partial charge in [-0.1, -0.05) is 109 Å². The van der Waals surface area contributed by atoms with Crippen LogP contribution in [0.5, 0.6) is 0 Å². The minimum atomic E-state index is -0.648. The van der Waals surface area contributed by atoms with Crippen molar-refractivity contribution < 1.29 is 5.11 Å². The fourth-order valence-electron chi connectivity index (χ4n) is 9.54. The maximum atomic E-state index is 12.6. The monoisotopic (exact) mass is 484 g/mol. The number of anilines is 1. The van der Waals surface area contributed by atoms with E-state index in [1.54, 1.807) is 0 Å². The molecule has 0 bridgehead atoms. The molecular weight excluding hydrogens is 452 g/mol. The third kappa shape index (κ3) is 2.21. The van der Waals surface area contributed by atoms with Crippen molar-refractivity contribution in [1.29, 1.82) is 0 Å². The second kappa shape index (κ2) is 7.34. The van der Waals surface area contributed by atoms with Gasteiger partial charge in [0.2, 0.25) is 0 Å². The maximum absolute atomic E-state index is 12.6. The van der Waals surface area contributed by atoms with Crippen molar-refractivity contribution in [2.45, 2.75) is 47.4 Å². The molecule has 4 aliphatic rings. The van der Waals surface area contributed by atoms with Crippen LogP contribution in [0.4, 0.5) is 5.69 Å². The van der Waals surface area contributed by atoms with Gasteiger partial charge in [-0.15, -0.1) is 0 Å². The van der Waals surface area contributed by atoms with Crippen LogP contribution >= 0.6 is 0 Å². The van der Waals surface area contributed by atoms with E-state index in [0.717, 1.165) is 25.1 Å². The Kier molecular flexibility index (Phi) is 4.30. The molecule has 0 unspecified atom stereocenters. The lowest BCUT2D eigenvalue weighted by Crippen LogP contribution is -2.60. The predicted molar refractivity (Wildman–Crippen MR) is 148 cm³/mol. The molecule has 6 atom stereocenters. The number of benzene rings is 4. The highest BCUT2D eigenvalue weighted by atomic mass is 16.3. The highest BCUT2D eigenvalue weighted by molar-refractivity contribution is 5.76. The Morgan fingerprint density at radius 1 is 0.730 bits per heavy atom. The number of para-hydroxylation sites is 1. The van der Waals surface area contributed by atoms with Crippen molar-refractivity contribution in [3.05, 3.63) is 138 Å². The molecule has 4 aromatic rings. The molecule has 2 saturated heterocycles. The smallest absolute Gasteiger partial charge is 0.150 e. The summed E-state index contributed by atoms with van der Waals surface area (Å²) in [6.07, 6.45) is 1.66. The number of hydrogen-bond acceptors (Lipinski definition) is 3. The molecule has 8 rings (SSSR count). The zero-order valence-electron chi connectivity index (χ0n) is 21.2. The Balaban J connectivity index is 1.56. The standard InChI is InChI=1S/C34H32N2O/c1-35-28-21-12-11-20-27(28)34(31(35)37)33(26-18-9-4-10-19-26)30(24-14-5-2-6-15-24)32(33,25-16-7-3-8-17-25)29-22-13-23-36(29)34/h2-12,14-21,29-31,37H,13,22-23H2,1H3/t29-,30-,31-,32-,33+,34-/m0/s1. The van der Waals surface area contributed by atoms with Crippen LogP contribution < -0.4 is 4.90 Å². The minimum Gasteiger partial charge on any atom is -0.371 e. The van der Waals surface area contributed by atoms with Crippen LogP contribution in [0.15, 0.2) is 115 Å². The van der Waals surface area contributed by atoms with Crippen LogP contribution in [0.3, 0.4) is 0 Å². The summed E-state index contributed by atoms with van der Waals surface area (Å²) in [7, 11) is 2.07. The largest absolute Gasteiger partial charge is 0.371 e. The van der Waals surface area contributed by atoms with Crippen molar-refractivity contribution in [1.82, 2.24) is 4.90 Å². The molecule has 1 N–H and O–H groups in total. The first-order chi connectivity index (χ1) is 18.2. The highest BCUT2D eigenvalue weighted by Gasteiger charge is 2.95. The Bertz CT molecular complexity index is 1470. The number of piperidine rings is 1. The predicted octanol–water partition coefficient (Wildman–Crippen LogP) is 5.80. The molecule has 3 aliphatic heterocycles. The molecule has 1 aliphatic carbocycles. The zero-order chi connectivity index (χ0) is 24.8. The van der Waals surface area contributed by atoms with E-state index in [1.807, 2.05) is 0 Å². The summed E-state index contributed by atoms with van der Waals surface area (Å²) in [6.45, 7) is 1.01. The Morgan fingerprint density at radius 2 is 1.32 bits per heavy atom. The molecule has 37 heavy (non-hydrogen) atoms. The van der Waals surface area contributed by atoms with Gasteiger partial charge in [0.15, 0.2) is 6.23 Å². The number of rotatable bonds is 3. The van der Waals surface area contributed by atoms with E-state index in [4.69, 9.17) is 0 Å². The van der Waals surface area contributed by atoms with Crippen LogP contribution in [0.1, 0.15) is 41.0 Å². The topological polar surface area (TPSA) is 26.7 Å². The van der Waals surface area contributed by atoms with Gasteiger partial charge in [-0.3, -0.25) is 4.90 Å². The second-order valence-corrected chi connectivity index (χ2v) is 11.4. The molecule has 184 valence electrons. The number of aliphatic hydroxyl groups excluding tert-OH is 1. The summed E-state index contributed by atoms with van der Waals surface area (Å²) in [5.74, 6) is 0.250. The van der Waals surface area contributed by atoms with Crippen molar-refractivity contribution in [3.8, 4) is 0 Å². The molecule has 0 aromatic heterocycles. The lowest BCUT2D eigenvalue weighted by Gasteiger charge is -2.47. The number of aliphatic hydroxyl groups is 1. The first kappa shape index (κ1) is 21.7. The molecule has 1 spiro atoms. The number of likely N-dealkylation sites (N-methyl/N-ethyl adjacent to an activating group) is 1. The summed E-state index contributed by atoms with van der Waals surface area (Å²) in [5.41, 5.74) is 5.52. The summed E-state index contributed by atoms with van der Waals surface area (Å²) >= 11 is 0. The quantitative estimate of drug-likeness (QED) is 0.398. The molecular formula is C34H32N2O. The number of nitrogens with zero attached hydrogens (tertiary/aromatic N) is 2. The van der Waals surface area contributed by atoms with Crippen molar-refractivity contribution in [2.75, 3.05) is 18.5 Å². The molecule has 3 heterocycles. The highest BCUT2D eigenvalue weighted by Crippen LogP contribution is 2.89. The molecule has 0 amide bonds. The third-order valence-electron chi connectivity index (χ3n) is 10.3. The summed E-state index contributed by atoms with van der Waals surface area (Å²) < 4.78 is 0. The molecule has 3 heteroatoms. The van der Waals surface area contributed by atoms with Gasteiger partial charge < -0.3 is 10.0 Å². The van der Waals surface area contributed by atoms with Gasteiger partial charge in [-0.05, 0) is 42.1 Å². The van der Waals surface area contributed by atoms with Crippen molar-refractivity contribution in [3.63, 3.8) is 0 Å². The van der Waals surface area contributed by atoms with Crippen LogP contribution in [-0.4, -0.2) is 35.9 Å². The van der Waals surface area contributed by atoms with Crippen LogP contribution in [0, 0.1) is 0 Å². The normalized spacial score (nSPS) is 35.4. The van der Waals surface area contributed by atoms with E-state index in [9.17, 15) is 5.11 Å². The van der Waals surface area contributed by atoms with Gasteiger partial charge >= 0.3 is 0 Å². The van der Waals surface area contributed by atoms with E-state index in [-0.39, 0.29) is 16.7 Å². The summed E-state index contributed by atoms with van der Waals surface area (Å²) in [4.78, 5) is 4.87. The molecule has 3 fully saturated rings. The maximum Gasteiger partial charge on any atom is 0.150 e. The van der Waals surface area contributed by atoms with E-state index >= 15 is 0 Å². The molecule has 0 radical (unpaired) electrons. The van der Waals surface area contributed by atoms with E-state index in [0.29, 0.717) is 6.04 Å². The Morgan fingerprint density at radius 3 is 2.03 bits per heavy atom. The van der Waals surface area contributed by atoms with Gasteiger partial charge in [0, 0.05) is 41.1 Å². The van der Waals surface area contributed by atoms with Crippen molar-refractivity contribution in [2.24, 2.45) is 0 Å². The molecule has 3 nitrogen and oxygen atoms in total. The van der Waals surface area contributed by atoms with E-state index in [2.05, 4.69) is 132 Å². The van der Waals surface area contributed by atoms with E-state index in [1.165, 1.54) is 22.3 Å². The first-order valence-corrected chi connectivity index (χ1v) is 13.6. The first-order valence-electron chi connectivity index (χ1n) is 13.6.